The van der Waals surface area contributed by atoms with Crippen LogP contribution in [0.3, 0.4) is 0 Å². The van der Waals surface area contributed by atoms with Gasteiger partial charge in [0.2, 0.25) is 5.91 Å². The molecule has 9 N–H and O–H groups in total. The quantitative estimate of drug-likeness (QED) is 0.0204. The van der Waals surface area contributed by atoms with Gasteiger partial charge < -0.3 is 65.1 Å². The van der Waals surface area contributed by atoms with Crippen LogP contribution in [0, 0.1) is 0 Å². The van der Waals surface area contributed by atoms with Crippen LogP contribution in [0.2, 0.25) is 0 Å². The third-order valence-electron chi connectivity index (χ3n) is 18.7. The van der Waals surface area contributed by atoms with E-state index in [-0.39, 0.29) is 18.9 Å². The van der Waals surface area contributed by atoms with Crippen molar-refractivity contribution in [2.45, 2.75) is 370 Å². The molecule has 102 heavy (non-hydrogen) atoms. The van der Waals surface area contributed by atoms with Gasteiger partial charge in [0.05, 0.1) is 32.0 Å². The van der Waals surface area contributed by atoms with Crippen molar-refractivity contribution in [2.24, 2.45) is 0 Å². The molecule has 1 amide bonds. The van der Waals surface area contributed by atoms with E-state index in [0.29, 0.717) is 6.42 Å². The lowest BCUT2D eigenvalue weighted by Crippen LogP contribution is -2.65. The molecule has 14 nitrogen and oxygen atoms in total. The summed E-state index contributed by atoms with van der Waals surface area (Å²) in [6, 6.07) is -0.942. The first-order valence-corrected chi connectivity index (χ1v) is 40.7. The number of aliphatic hydroxyl groups is 8. The van der Waals surface area contributed by atoms with Gasteiger partial charge in [-0.25, -0.2) is 0 Å². The smallest absolute Gasteiger partial charge is 0.220 e. The number of unbranched alkanes of at least 4 members (excludes halogenated alkanes) is 29. The van der Waals surface area contributed by atoms with Crippen molar-refractivity contribution in [2.75, 3.05) is 19.8 Å². The van der Waals surface area contributed by atoms with E-state index in [9.17, 15) is 45.6 Å². The molecular weight excluding hydrogens is 1280 g/mol. The number of rotatable bonds is 66. The number of carbonyl (C=O) groups excluding carboxylic acids is 1. The maximum atomic E-state index is 13.4. The van der Waals surface area contributed by atoms with Gasteiger partial charge in [0.1, 0.15) is 48.8 Å². The molecule has 12 unspecified atom stereocenters. The third-order valence-corrected chi connectivity index (χ3v) is 18.7. The average Bonchev–Trinajstić information content (AvgIpc) is 0.790. The molecule has 0 aliphatic carbocycles. The minimum atomic E-state index is -1.80. The second-order valence-corrected chi connectivity index (χ2v) is 27.8. The molecule has 0 aromatic rings. The number of allylic oxidation sites excluding steroid dienone is 25. The Bertz CT molecular complexity index is 2330. The summed E-state index contributed by atoms with van der Waals surface area (Å²) in [5, 5.41) is 87.7. The Morgan fingerprint density at radius 3 is 1.04 bits per heavy atom. The highest BCUT2D eigenvalue weighted by atomic mass is 16.7. The first kappa shape index (κ1) is 93.7. The van der Waals surface area contributed by atoms with E-state index in [0.717, 1.165) is 122 Å². The predicted molar refractivity (Wildman–Crippen MR) is 424 cm³/mol. The van der Waals surface area contributed by atoms with Crippen LogP contribution >= 0.6 is 0 Å². The van der Waals surface area contributed by atoms with Gasteiger partial charge in [0, 0.05) is 6.42 Å². The SMILES string of the molecule is CC/C=C\C/C=C\C/C=C\C/C=C\C/C=C\C/C=C\C/C=C\C/C=C\C/C=C\C/C=C\C/C=C\C/C=C\CCCCCCC(=O)NC(COC1OC(CO)C(OC2OC(CO)C(O)C(O)C2O)C(O)C1O)C(O)/C=C/CCCCCCCCCCCCCCCCCCCCCCCCCCC. The summed E-state index contributed by atoms with van der Waals surface area (Å²) >= 11 is 0. The van der Waals surface area contributed by atoms with E-state index in [2.05, 4.69) is 165 Å². The molecule has 2 aliphatic rings. The van der Waals surface area contributed by atoms with E-state index >= 15 is 0 Å². The fourth-order valence-corrected chi connectivity index (χ4v) is 12.3. The van der Waals surface area contributed by atoms with Gasteiger partial charge in [-0.2, -0.15) is 0 Å². The Morgan fingerprint density at radius 2 is 0.676 bits per heavy atom. The van der Waals surface area contributed by atoms with Crippen molar-refractivity contribution in [3.8, 4) is 0 Å². The number of hydrogen-bond donors (Lipinski definition) is 9. The Morgan fingerprint density at radius 1 is 0.363 bits per heavy atom. The normalized spacial score (nSPS) is 22.5. The third kappa shape index (κ3) is 51.7. The molecule has 0 saturated carbocycles. The molecular formula is C88H147NO13. The highest BCUT2D eigenvalue weighted by Gasteiger charge is 2.51. The van der Waals surface area contributed by atoms with Crippen LogP contribution in [0.5, 0.6) is 0 Å². The van der Waals surface area contributed by atoms with E-state index in [1.807, 2.05) is 6.08 Å². The molecule has 582 valence electrons. The Balaban J connectivity index is 1.65. The van der Waals surface area contributed by atoms with Crippen LogP contribution in [0.15, 0.2) is 158 Å². The topological polar surface area (TPSA) is 228 Å². The Kier molecular flexibility index (Phi) is 64.0. The van der Waals surface area contributed by atoms with E-state index in [1.165, 1.54) is 148 Å². The maximum Gasteiger partial charge on any atom is 0.220 e. The Hall–Kier alpha value is -4.39. The highest BCUT2D eigenvalue weighted by molar-refractivity contribution is 5.76. The molecule has 2 aliphatic heterocycles. The monoisotopic (exact) mass is 1430 g/mol. The lowest BCUT2D eigenvalue weighted by atomic mass is 9.97. The van der Waals surface area contributed by atoms with Crippen LogP contribution in [0.4, 0.5) is 0 Å². The second kappa shape index (κ2) is 69.6. The van der Waals surface area contributed by atoms with Crippen molar-refractivity contribution in [1.82, 2.24) is 5.32 Å². The minimum Gasteiger partial charge on any atom is -0.394 e. The van der Waals surface area contributed by atoms with Gasteiger partial charge in [0.15, 0.2) is 12.6 Å². The van der Waals surface area contributed by atoms with E-state index < -0.39 is 86.8 Å². The maximum absolute atomic E-state index is 13.4. The number of hydrogen-bond acceptors (Lipinski definition) is 13. The number of aliphatic hydroxyl groups excluding tert-OH is 8. The molecule has 12 atom stereocenters. The van der Waals surface area contributed by atoms with Crippen LogP contribution < -0.4 is 5.32 Å². The van der Waals surface area contributed by atoms with Crippen LogP contribution in [-0.2, 0) is 23.7 Å². The van der Waals surface area contributed by atoms with Gasteiger partial charge in [-0.15, -0.1) is 0 Å². The summed E-state index contributed by atoms with van der Waals surface area (Å²) < 4.78 is 22.9. The van der Waals surface area contributed by atoms with Crippen molar-refractivity contribution in [3.63, 3.8) is 0 Å². The van der Waals surface area contributed by atoms with E-state index in [1.54, 1.807) is 6.08 Å². The minimum absolute atomic E-state index is 0.242. The summed E-state index contributed by atoms with van der Waals surface area (Å²) in [6.07, 6.45) is 90.2. The molecule has 0 aromatic heterocycles. The molecule has 0 radical (unpaired) electrons. The molecule has 2 heterocycles. The van der Waals surface area contributed by atoms with Gasteiger partial charge in [-0.05, 0) is 109 Å². The summed E-state index contributed by atoms with van der Waals surface area (Å²) in [5.41, 5.74) is 0. The predicted octanol–water partition coefficient (Wildman–Crippen LogP) is 18.9. The van der Waals surface area contributed by atoms with Crippen molar-refractivity contribution in [3.05, 3.63) is 158 Å². The van der Waals surface area contributed by atoms with Crippen molar-refractivity contribution >= 4 is 5.91 Å². The summed E-state index contributed by atoms with van der Waals surface area (Å²) in [7, 11) is 0. The molecule has 2 saturated heterocycles. The lowest BCUT2D eigenvalue weighted by molar-refractivity contribution is -0.359. The lowest BCUT2D eigenvalue weighted by Gasteiger charge is -2.46. The average molecular weight is 1430 g/mol. The Labute approximate surface area is 620 Å². The molecule has 14 heteroatoms. The molecule has 2 fully saturated rings. The van der Waals surface area contributed by atoms with Crippen molar-refractivity contribution in [1.29, 1.82) is 0 Å². The standard InChI is InChI=1S/C88H147NO13/c1-3-5-7-9-11-13-15-17-19-21-23-25-27-29-31-32-33-34-35-36-37-38-39-40-41-42-43-44-46-48-50-52-54-56-58-60-62-64-66-68-70-72-80(93)89-76(75-99-87-85(98)83(96)86(79(74-91)101-87)102-88-84(97)82(95)81(94)78(73-90)100-88)77(92)71-69-67-65-63-61-59-57-55-53-51-49-47-45-30-28-26-24-22-20-18-16-14-12-10-8-6-4-2/h5,7,11,13,17,19,23,25,29,31,33-34,36-37,39-40,42-43,46,48,52,54,58,60,69,71,76-79,81-88,90-92,94-98H,3-4,6,8-10,12,14-16,18,20-22,24,26-28,30,32,35,38,41,44-45,47,49-51,53,55-57,59,61-68,70,72-75H2,1-2H3,(H,89,93)/b7-5-,13-11-,19-17-,25-23-,31-29-,34-33-,37-36-,40-39-,43-42-,48-46-,54-52-,60-58-,71-69+. The summed E-state index contributed by atoms with van der Waals surface area (Å²) in [5.74, 6) is -0.267. The van der Waals surface area contributed by atoms with Crippen molar-refractivity contribution < 1.29 is 64.6 Å². The van der Waals surface area contributed by atoms with Crippen LogP contribution in [-0.4, -0.2) is 140 Å². The van der Waals surface area contributed by atoms with Gasteiger partial charge in [-0.1, -0.05) is 339 Å². The zero-order chi connectivity index (χ0) is 73.7. The second-order valence-electron chi connectivity index (χ2n) is 27.8. The zero-order valence-electron chi connectivity index (χ0n) is 63.8. The fourth-order valence-electron chi connectivity index (χ4n) is 12.3. The molecule has 0 bridgehead atoms. The summed E-state index contributed by atoms with van der Waals surface area (Å²) in [4.78, 5) is 13.4. The molecule has 0 spiro atoms. The van der Waals surface area contributed by atoms with Gasteiger partial charge in [-0.3, -0.25) is 4.79 Å². The molecule has 0 aromatic carbocycles. The largest absolute Gasteiger partial charge is 0.394 e. The molecule has 2 rings (SSSR count). The zero-order valence-corrected chi connectivity index (χ0v) is 63.8. The van der Waals surface area contributed by atoms with Gasteiger partial charge in [0.25, 0.3) is 0 Å². The van der Waals surface area contributed by atoms with Crippen LogP contribution in [0.25, 0.3) is 0 Å². The number of ether oxygens (including phenoxy) is 4. The first-order valence-electron chi connectivity index (χ1n) is 40.7. The highest BCUT2D eigenvalue weighted by Crippen LogP contribution is 2.30. The first-order chi connectivity index (χ1) is 50.1. The van der Waals surface area contributed by atoms with Crippen LogP contribution in [0.1, 0.15) is 296 Å². The van der Waals surface area contributed by atoms with Gasteiger partial charge >= 0.3 is 0 Å². The van der Waals surface area contributed by atoms with E-state index in [4.69, 9.17) is 18.9 Å². The fraction of sp³-hybridized carbons (Fsp3) is 0.693. The number of carbonyl (C=O) groups is 1. The number of nitrogens with one attached hydrogen (secondary N) is 1. The number of amides is 1. The summed E-state index contributed by atoms with van der Waals surface area (Å²) in [6.45, 7) is 2.69.